The van der Waals surface area contributed by atoms with Gasteiger partial charge in [-0.2, -0.15) is 5.10 Å². The molecule has 0 unspecified atom stereocenters. The summed E-state index contributed by atoms with van der Waals surface area (Å²) in [6.45, 7) is 0.819. The molecule has 2 rings (SSSR count). The lowest BCUT2D eigenvalue weighted by Gasteiger charge is -2.11. The van der Waals surface area contributed by atoms with Gasteiger partial charge in [0.15, 0.2) is 0 Å². The number of hydrogen-bond acceptors (Lipinski definition) is 4. The Kier molecular flexibility index (Phi) is 3.93. The Morgan fingerprint density at radius 1 is 1.39 bits per heavy atom. The normalized spacial score (nSPS) is 10.1. The molecule has 0 fully saturated rings. The van der Waals surface area contributed by atoms with E-state index in [2.05, 4.69) is 15.5 Å². The molecule has 2 aromatic rings. The molecule has 0 aliphatic heterocycles. The van der Waals surface area contributed by atoms with Crippen LogP contribution in [0.25, 0.3) is 0 Å². The monoisotopic (exact) mass is 246 g/mol. The predicted molar refractivity (Wildman–Crippen MR) is 67.5 cm³/mol. The Labute approximate surface area is 104 Å². The molecule has 0 aliphatic rings. The molecule has 1 aromatic carbocycles. The summed E-state index contributed by atoms with van der Waals surface area (Å²) < 4.78 is 5.44. The van der Waals surface area contributed by atoms with E-state index in [9.17, 15) is 4.79 Å². The summed E-state index contributed by atoms with van der Waals surface area (Å²) in [5, 5.41) is 9.07. The molecule has 6 nitrogen and oxygen atoms in total. The molecule has 0 saturated heterocycles. The van der Waals surface area contributed by atoms with Gasteiger partial charge < -0.3 is 15.8 Å². The summed E-state index contributed by atoms with van der Waals surface area (Å²) in [7, 11) is 0. The molecule has 1 aromatic heterocycles. The summed E-state index contributed by atoms with van der Waals surface area (Å²) in [6, 6.07) is 8.78. The van der Waals surface area contributed by atoms with Crippen LogP contribution in [-0.2, 0) is 0 Å². The van der Waals surface area contributed by atoms with Crippen molar-refractivity contribution in [2.24, 2.45) is 5.73 Å². The molecule has 1 amide bonds. The van der Waals surface area contributed by atoms with Crippen LogP contribution in [0.15, 0.2) is 36.5 Å². The van der Waals surface area contributed by atoms with Crippen LogP contribution in [0.2, 0.25) is 0 Å². The number of carbonyl (C=O) groups excluding carboxylic acids is 1. The van der Waals surface area contributed by atoms with Gasteiger partial charge in [-0.15, -0.1) is 0 Å². The third-order valence-corrected chi connectivity index (χ3v) is 2.26. The number of nitrogens with one attached hydrogen (secondary N) is 2. The Morgan fingerprint density at radius 2 is 2.22 bits per heavy atom. The van der Waals surface area contributed by atoms with Gasteiger partial charge in [-0.1, -0.05) is 12.1 Å². The maximum Gasteiger partial charge on any atom is 0.273 e. The van der Waals surface area contributed by atoms with E-state index in [1.165, 1.54) is 6.20 Å². The predicted octanol–water partition coefficient (Wildman–Crippen LogP) is 0.999. The van der Waals surface area contributed by atoms with E-state index in [4.69, 9.17) is 10.5 Å². The highest BCUT2D eigenvalue weighted by atomic mass is 16.5. The van der Waals surface area contributed by atoms with Crippen molar-refractivity contribution < 1.29 is 9.53 Å². The van der Waals surface area contributed by atoms with Gasteiger partial charge >= 0.3 is 0 Å². The van der Waals surface area contributed by atoms with Crippen molar-refractivity contribution in [1.82, 2.24) is 10.2 Å². The standard InChI is InChI=1S/C12H14N4O2/c13-6-8-18-11-4-2-1-3-9(11)15-12(17)10-5-7-14-16-10/h1-5,7H,6,8,13H2,(H,14,16)(H,15,17). The van der Waals surface area contributed by atoms with Crippen LogP contribution >= 0.6 is 0 Å². The molecule has 94 valence electrons. The fraction of sp³-hybridized carbons (Fsp3) is 0.167. The van der Waals surface area contributed by atoms with Crippen LogP contribution in [0.5, 0.6) is 5.75 Å². The first-order valence-electron chi connectivity index (χ1n) is 5.54. The average molecular weight is 246 g/mol. The van der Waals surface area contributed by atoms with E-state index >= 15 is 0 Å². The topological polar surface area (TPSA) is 93.0 Å². The van der Waals surface area contributed by atoms with E-state index < -0.39 is 0 Å². The van der Waals surface area contributed by atoms with E-state index in [1.54, 1.807) is 18.2 Å². The number of rotatable bonds is 5. The number of nitrogens with two attached hydrogens (primary N) is 1. The molecular weight excluding hydrogens is 232 g/mol. The van der Waals surface area contributed by atoms with Crippen LogP contribution in [0, 0.1) is 0 Å². The maximum atomic E-state index is 11.8. The van der Waals surface area contributed by atoms with E-state index in [0.717, 1.165) is 0 Å². The minimum Gasteiger partial charge on any atom is -0.490 e. The van der Waals surface area contributed by atoms with Crippen LogP contribution in [-0.4, -0.2) is 29.3 Å². The molecule has 0 spiro atoms. The van der Waals surface area contributed by atoms with Gasteiger partial charge in [-0.25, -0.2) is 0 Å². The molecule has 0 saturated carbocycles. The van der Waals surface area contributed by atoms with Gasteiger partial charge in [-0.3, -0.25) is 9.89 Å². The van der Waals surface area contributed by atoms with Crippen molar-refractivity contribution in [3.8, 4) is 5.75 Å². The number of hydrogen-bond donors (Lipinski definition) is 3. The van der Waals surface area contributed by atoms with E-state index in [-0.39, 0.29) is 5.91 Å². The highest BCUT2D eigenvalue weighted by Gasteiger charge is 2.10. The minimum atomic E-state index is -0.267. The first-order valence-corrected chi connectivity index (χ1v) is 5.54. The highest BCUT2D eigenvalue weighted by molar-refractivity contribution is 6.03. The second-order valence-corrected chi connectivity index (χ2v) is 3.56. The van der Waals surface area contributed by atoms with Gasteiger partial charge in [0.1, 0.15) is 18.1 Å². The zero-order chi connectivity index (χ0) is 12.8. The maximum absolute atomic E-state index is 11.8. The van der Waals surface area contributed by atoms with Gasteiger partial charge in [0.25, 0.3) is 5.91 Å². The Bertz CT molecular complexity index is 511. The first-order chi connectivity index (χ1) is 8.81. The fourth-order valence-corrected chi connectivity index (χ4v) is 1.44. The van der Waals surface area contributed by atoms with E-state index in [1.807, 2.05) is 12.1 Å². The van der Waals surface area contributed by atoms with Crippen molar-refractivity contribution in [2.75, 3.05) is 18.5 Å². The smallest absolute Gasteiger partial charge is 0.273 e. The minimum absolute atomic E-state index is 0.267. The van der Waals surface area contributed by atoms with Crippen LogP contribution in [0.1, 0.15) is 10.5 Å². The number of para-hydroxylation sites is 2. The van der Waals surface area contributed by atoms with Gasteiger partial charge in [0.2, 0.25) is 0 Å². The van der Waals surface area contributed by atoms with E-state index in [0.29, 0.717) is 30.3 Å². The molecule has 0 atom stereocenters. The molecule has 1 heterocycles. The number of anilines is 1. The van der Waals surface area contributed by atoms with Crippen LogP contribution < -0.4 is 15.8 Å². The summed E-state index contributed by atoms with van der Waals surface area (Å²) in [5.41, 5.74) is 6.37. The largest absolute Gasteiger partial charge is 0.490 e. The van der Waals surface area contributed by atoms with Crippen molar-refractivity contribution in [1.29, 1.82) is 0 Å². The number of carbonyl (C=O) groups is 1. The lowest BCUT2D eigenvalue weighted by Crippen LogP contribution is -2.15. The number of aromatic nitrogens is 2. The van der Waals surface area contributed by atoms with Gasteiger partial charge in [-0.05, 0) is 18.2 Å². The first kappa shape index (κ1) is 12.1. The average Bonchev–Trinajstić information content (AvgIpc) is 2.91. The summed E-state index contributed by atoms with van der Waals surface area (Å²) in [4.78, 5) is 11.8. The molecule has 6 heteroatoms. The lowest BCUT2D eigenvalue weighted by molar-refractivity contribution is 0.102. The zero-order valence-corrected chi connectivity index (χ0v) is 9.72. The van der Waals surface area contributed by atoms with Crippen LogP contribution in [0.4, 0.5) is 5.69 Å². The van der Waals surface area contributed by atoms with Gasteiger partial charge in [0, 0.05) is 12.7 Å². The molecule has 0 aliphatic carbocycles. The molecule has 0 radical (unpaired) electrons. The summed E-state index contributed by atoms with van der Waals surface area (Å²) in [6.07, 6.45) is 1.52. The number of H-pyrrole nitrogens is 1. The second-order valence-electron chi connectivity index (χ2n) is 3.56. The summed E-state index contributed by atoms with van der Waals surface area (Å²) in [5.74, 6) is 0.326. The lowest BCUT2D eigenvalue weighted by atomic mass is 10.3. The van der Waals surface area contributed by atoms with Gasteiger partial charge in [0.05, 0.1) is 5.69 Å². The molecule has 4 N–H and O–H groups in total. The third-order valence-electron chi connectivity index (χ3n) is 2.26. The molecular formula is C12H14N4O2. The Hall–Kier alpha value is -2.34. The van der Waals surface area contributed by atoms with Crippen molar-refractivity contribution >= 4 is 11.6 Å². The highest BCUT2D eigenvalue weighted by Crippen LogP contribution is 2.23. The Morgan fingerprint density at radius 3 is 2.94 bits per heavy atom. The van der Waals surface area contributed by atoms with Crippen LogP contribution in [0.3, 0.4) is 0 Å². The zero-order valence-electron chi connectivity index (χ0n) is 9.72. The second kappa shape index (κ2) is 5.83. The fourth-order valence-electron chi connectivity index (χ4n) is 1.44. The number of ether oxygens (including phenoxy) is 1. The van der Waals surface area contributed by atoms with Crippen molar-refractivity contribution in [3.05, 3.63) is 42.2 Å². The molecule has 18 heavy (non-hydrogen) atoms. The third kappa shape index (κ3) is 2.86. The number of benzene rings is 1. The summed E-state index contributed by atoms with van der Waals surface area (Å²) >= 11 is 0. The number of amides is 1. The van der Waals surface area contributed by atoms with Crippen molar-refractivity contribution in [3.63, 3.8) is 0 Å². The van der Waals surface area contributed by atoms with Crippen molar-refractivity contribution in [2.45, 2.75) is 0 Å². The SMILES string of the molecule is NCCOc1ccccc1NC(=O)c1ccn[nH]1. The molecule has 0 bridgehead atoms. The quantitative estimate of drug-likeness (QED) is 0.733. The Balaban J connectivity index is 2.11. The number of aromatic amines is 1. The number of nitrogens with zero attached hydrogens (tertiary/aromatic N) is 1.